The number of H-pyrrole nitrogens is 1. The zero-order valence-electron chi connectivity index (χ0n) is 16.9. The Morgan fingerprint density at radius 3 is 3.06 bits per heavy atom. The standard InChI is InChI=1S/C23H21ClN4O3/c1-30-22-15(24)6-4-7-16(22)27-21-18-19-13(11-26-23(18)29)5-2-3-10-31-17-12-25-9-8-14(17)20(21)28-19/h2-4,6-9,12-13,27-28H,5,10-11H2,1H3,(H,26,29)/b3-2-/t13-/m0/s1. The first-order chi connectivity index (χ1) is 15.2. The van der Waals surface area contributed by atoms with Crippen molar-refractivity contribution in [2.45, 2.75) is 12.3 Å². The van der Waals surface area contributed by atoms with E-state index in [9.17, 15) is 4.79 Å². The fourth-order valence-electron chi connectivity index (χ4n) is 4.11. The number of rotatable bonds is 3. The molecule has 2 aliphatic rings. The minimum Gasteiger partial charge on any atom is -0.493 e. The van der Waals surface area contributed by atoms with Crippen molar-refractivity contribution in [3.8, 4) is 22.8 Å². The molecule has 158 valence electrons. The molecule has 2 aliphatic heterocycles. The lowest BCUT2D eigenvalue weighted by molar-refractivity contribution is 0.0941. The smallest absolute Gasteiger partial charge is 0.255 e. The third kappa shape index (κ3) is 3.41. The van der Waals surface area contributed by atoms with Gasteiger partial charge in [0, 0.05) is 29.9 Å². The number of aromatic nitrogens is 2. The number of fused-ring (bicyclic) bond motifs is 3. The molecule has 3 aromatic rings. The number of anilines is 2. The Morgan fingerprint density at radius 2 is 2.19 bits per heavy atom. The van der Waals surface area contributed by atoms with Gasteiger partial charge in [-0.15, -0.1) is 0 Å². The van der Waals surface area contributed by atoms with E-state index in [1.54, 1.807) is 25.6 Å². The summed E-state index contributed by atoms with van der Waals surface area (Å²) in [7, 11) is 1.57. The molecule has 31 heavy (non-hydrogen) atoms. The number of pyridine rings is 1. The summed E-state index contributed by atoms with van der Waals surface area (Å²) in [4.78, 5) is 20.7. The molecule has 0 aliphatic carbocycles. The minimum atomic E-state index is -0.130. The normalized spacial score (nSPS) is 18.1. The van der Waals surface area contributed by atoms with Crippen LogP contribution in [-0.4, -0.2) is 36.1 Å². The highest BCUT2D eigenvalue weighted by Crippen LogP contribution is 2.45. The summed E-state index contributed by atoms with van der Waals surface area (Å²) >= 11 is 6.33. The van der Waals surface area contributed by atoms with Crippen LogP contribution in [0.2, 0.25) is 5.02 Å². The van der Waals surface area contributed by atoms with Gasteiger partial charge in [0.2, 0.25) is 0 Å². The van der Waals surface area contributed by atoms with Crippen molar-refractivity contribution >= 4 is 28.9 Å². The topological polar surface area (TPSA) is 88.3 Å². The predicted molar refractivity (Wildman–Crippen MR) is 120 cm³/mol. The van der Waals surface area contributed by atoms with Gasteiger partial charge in [-0.1, -0.05) is 29.8 Å². The number of hydrogen-bond donors (Lipinski definition) is 3. The molecule has 0 radical (unpaired) electrons. The number of halogens is 1. The van der Waals surface area contributed by atoms with E-state index in [1.807, 2.05) is 24.3 Å². The van der Waals surface area contributed by atoms with Gasteiger partial charge in [0.1, 0.15) is 12.4 Å². The third-order valence-electron chi connectivity index (χ3n) is 5.58. The summed E-state index contributed by atoms with van der Waals surface area (Å²) in [5, 5.41) is 6.91. The Morgan fingerprint density at radius 1 is 1.29 bits per heavy atom. The molecule has 0 unspecified atom stereocenters. The van der Waals surface area contributed by atoms with E-state index in [-0.39, 0.29) is 11.8 Å². The Kier molecular flexibility index (Phi) is 5.03. The van der Waals surface area contributed by atoms with Gasteiger partial charge in [0.05, 0.1) is 41.0 Å². The van der Waals surface area contributed by atoms with Gasteiger partial charge in [-0.3, -0.25) is 9.78 Å². The highest BCUT2D eigenvalue weighted by atomic mass is 35.5. The van der Waals surface area contributed by atoms with Crippen molar-refractivity contribution in [2.75, 3.05) is 25.6 Å². The quantitative estimate of drug-likeness (QED) is 0.520. The van der Waals surface area contributed by atoms with Gasteiger partial charge in [-0.25, -0.2) is 0 Å². The molecule has 1 atom stereocenters. The number of para-hydroxylation sites is 1. The van der Waals surface area contributed by atoms with Crippen LogP contribution in [0, 0.1) is 0 Å². The van der Waals surface area contributed by atoms with E-state index < -0.39 is 0 Å². The van der Waals surface area contributed by atoms with Gasteiger partial charge >= 0.3 is 0 Å². The van der Waals surface area contributed by atoms with E-state index in [0.29, 0.717) is 46.6 Å². The van der Waals surface area contributed by atoms with Gasteiger partial charge < -0.3 is 25.1 Å². The summed E-state index contributed by atoms with van der Waals surface area (Å²) in [5.41, 5.74) is 4.37. The van der Waals surface area contributed by atoms with Crippen LogP contribution >= 0.6 is 11.6 Å². The van der Waals surface area contributed by atoms with Crippen LogP contribution in [0.4, 0.5) is 11.4 Å². The number of hydrogen-bond acceptors (Lipinski definition) is 5. The second-order valence-corrected chi connectivity index (χ2v) is 7.81. The van der Waals surface area contributed by atoms with E-state index in [4.69, 9.17) is 21.1 Å². The lowest BCUT2D eigenvalue weighted by atomic mass is 9.93. The minimum absolute atomic E-state index is 0.128. The molecule has 1 aromatic carbocycles. The van der Waals surface area contributed by atoms with Crippen LogP contribution in [0.15, 0.2) is 48.8 Å². The zero-order valence-corrected chi connectivity index (χ0v) is 17.6. The maximum absolute atomic E-state index is 13.0. The lowest BCUT2D eigenvalue weighted by Crippen LogP contribution is -2.34. The van der Waals surface area contributed by atoms with E-state index in [1.165, 1.54) is 0 Å². The summed E-state index contributed by atoms with van der Waals surface area (Å²) < 4.78 is 11.5. The Balaban J connectivity index is 1.75. The number of ether oxygens (including phenoxy) is 2. The Labute approximate surface area is 184 Å². The summed E-state index contributed by atoms with van der Waals surface area (Å²) in [6.07, 6.45) is 8.25. The van der Waals surface area contributed by atoms with Crippen LogP contribution in [0.5, 0.6) is 11.5 Å². The fraction of sp³-hybridized carbons (Fsp3) is 0.217. The van der Waals surface area contributed by atoms with Crippen molar-refractivity contribution in [1.29, 1.82) is 0 Å². The number of amides is 1. The maximum Gasteiger partial charge on any atom is 0.255 e. The summed E-state index contributed by atoms with van der Waals surface area (Å²) in [5.74, 6) is 1.14. The number of nitrogens with one attached hydrogen (secondary N) is 3. The highest BCUT2D eigenvalue weighted by molar-refractivity contribution is 6.32. The molecule has 0 spiro atoms. The fourth-order valence-corrected chi connectivity index (χ4v) is 4.36. The average Bonchev–Trinajstić information content (AvgIpc) is 3.13. The van der Waals surface area contributed by atoms with Gasteiger partial charge in [-0.05, 0) is 24.6 Å². The molecule has 2 bridgehead atoms. The number of aromatic amines is 1. The predicted octanol–water partition coefficient (Wildman–Crippen LogP) is 4.65. The van der Waals surface area contributed by atoms with Crippen molar-refractivity contribution in [3.63, 3.8) is 0 Å². The molecule has 0 saturated carbocycles. The second-order valence-electron chi connectivity index (χ2n) is 7.41. The van der Waals surface area contributed by atoms with Crippen LogP contribution in [-0.2, 0) is 0 Å². The molecule has 0 saturated heterocycles. The number of methoxy groups -OCH3 is 1. The van der Waals surface area contributed by atoms with Crippen LogP contribution in [0.3, 0.4) is 0 Å². The summed E-state index contributed by atoms with van der Waals surface area (Å²) in [6, 6.07) is 7.33. The number of carbonyl (C=O) groups is 1. The molecule has 8 heteroatoms. The Bertz CT molecular complexity index is 1190. The van der Waals surface area contributed by atoms with E-state index in [2.05, 4.69) is 26.7 Å². The highest BCUT2D eigenvalue weighted by Gasteiger charge is 2.33. The molecule has 3 N–H and O–H groups in total. The van der Waals surface area contributed by atoms with Crippen molar-refractivity contribution < 1.29 is 14.3 Å². The first kappa shape index (κ1) is 19.5. The number of allylic oxidation sites excluding steroid dienone is 1. The molecule has 7 nitrogen and oxygen atoms in total. The molecule has 1 amide bonds. The van der Waals surface area contributed by atoms with Crippen molar-refractivity contribution in [2.24, 2.45) is 0 Å². The van der Waals surface area contributed by atoms with Crippen LogP contribution in [0.1, 0.15) is 28.4 Å². The van der Waals surface area contributed by atoms with Gasteiger partial charge in [0.25, 0.3) is 5.91 Å². The third-order valence-corrected chi connectivity index (χ3v) is 5.88. The first-order valence-electron chi connectivity index (χ1n) is 10.0. The molecular weight excluding hydrogens is 416 g/mol. The van der Waals surface area contributed by atoms with E-state index >= 15 is 0 Å². The second kappa shape index (κ2) is 8.00. The lowest BCUT2D eigenvalue weighted by Gasteiger charge is -2.23. The number of nitrogens with zero attached hydrogens (tertiary/aromatic N) is 1. The molecule has 2 aromatic heterocycles. The van der Waals surface area contributed by atoms with Gasteiger partial charge in [-0.2, -0.15) is 0 Å². The molecule has 0 fully saturated rings. The van der Waals surface area contributed by atoms with Crippen molar-refractivity contribution in [3.05, 3.63) is 65.1 Å². The Hall–Kier alpha value is -3.45. The average molecular weight is 437 g/mol. The monoisotopic (exact) mass is 436 g/mol. The maximum atomic E-state index is 13.0. The van der Waals surface area contributed by atoms with E-state index in [0.717, 1.165) is 23.4 Å². The molecule has 5 rings (SSSR count). The first-order valence-corrected chi connectivity index (χ1v) is 10.4. The molecule has 4 heterocycles. The van der Waals surface area contributed by atoms with Gasteiger partial charge in [0.15, 0.2) is 5.75 Å². The summed E-state index contributed by atoms with van der Waals surface area (Å²) in [6.45, 7) is 1.02. The van der Waals surface area contributed by atoms with Crippen LogP contribution in [0.25, 0.3) is 11.3 Å². The van der Waals surface area contributed by atoms with Crippen LogP contribution < -0.4 is 20.1 Å². The number of benzene rings is 1. The largest absolute Gasteiger partial charge is 0.493 e. The SMILES string of the molecule is COc1c(Cl)cccc1Nc1c2[nH]c3c1C(=O)NC[C@@H]3C/C=C\COc1cnccc1-2. The molecular formula is C23H21ClN4O3. The zero-order chi connectivity index (χ0) is 21.4. The number of carbonyl (C=O) groups excluding carboxylic acids is 1. The van der Waals surface area contributed by atoms with Crippen molar-refractivity contribution in [1.82, 2.24) is 15.3 Å².